The lowest BCUT2D eigenvalue weighted by molar-refractivity contribution is 0.00708. The Morgan fingerprint density at radius 3 is 1.88 bits per heavy atom. The molecular formula is C35H33NO7. The molecule has 0 spiro atoms. The highest BCUT2D eigenvalue weighted by Gasteiger charge is 2.21. The first-order valence-electron chi connectivity index (χ1n) is 14.3. The van der Waals surface area contributed by atoms with Crippen LogP contribution in [0.15, 0.2) is 100 Å². The van der Waals surface area contributed by atoms with Gasteiger partial charge in [0.05, 0.1) is 45.3 Å². The molecule has 8 heteroatoms. The molecule has 4 aromatic carbocycles. The third kappa shape index (κ3) is 6.89. The number of phenolic OH excluding ortho intramolecular Hbond substituents is 1. The molecule has 6 rings (SSSR count). The highest BCUT2D eigenvalue weighted by Crippen LogP contribution is 2.44. The molecule has 8 nitrogen and oxygen atoms in total. The van der Waals surface area contributed by atoms with E-state index in [0.717, 1.165) is 27.8 Å². The second kappa shape index (κ2) is 14.0. The van der Waals surface area contributed by atoms with E-state index in [1.165, 1.54) is 0 Å². The normalized spacial score (nSPS) is 15.3. The Hall–Kier alpha value is -4.63. The summed E-state index contributed by atoms with van der Waals surface area (Å²) >= 11 is 0. The number of phenols is 1. The molecule has 0 unspecified atom stereocenters. The summed E-state index contributed by atoms with van der Waals surface area (Å²) in [5.41, 5.74) is 4.66. The molecule has 0 amide bonds. The molecule has 0 saturated heterocycles. The maximum Gasteiger partial charge on any atom is 0.163 e. The molecule has 1 aromatic heterocycles. The molecule has 0 atom stereocenters. The Morgan fingerprint density at radius 2 is 1.21 bits per heavy atom. The summed E-state index contributed by atoms with van der Waals surface area (Å²) in [7, 11) is 0. The Balaban J connectivity index is 1.36. The number of aliphatic imine (C=N–C) groups is 1. The van der Waals surface area contributed by atoms with Crippen LogP contribution in [0.5, 0.6) is 17.2 Å². The molecule has 43 heavy (non-hydrogen) atoms. The first kappa shape index (κ1) is 28.5. The summed E-state index contributed by atoms with van der Waals surface area (Å²) < 4.78 is 35.0. The Morgan fingerprint density at radius 1 is 0.605 bits per heavy atom. The van der Waals surface area contributed by atoms with Crippen molar-refractivity contribution in [1.29, 1.82) is 0 Å². The first-order valence-corrected chi connectivity index (χ1v) is 14.3. The van der Waals surface area contributed by atoms with Crippen LogP contribution in [0.2, 0.25) is 0 Å². The van der Waals surface area contributed by atoms with Crippen LogP contribution in [0.3, 0.4) is 0 Å². The van der Waals surface area contributed by atoms with Crippen molar-refractivity contribution in [2.24, 2.45) is 4.99 Å². The summed E-state index contributed by atoms with van der Waals surface area (Å²) in [5, 5.41) is 11.8. The van der Waals surface area contributed by atoms with E-state index < -0.39 is 0 Å². The molecule has 1 aliphatic rings. The van der Waals surface area contributed by atoms with Gasteiger partial charge in [0.25, 0.3) is 0 Å². The van der Waals surface area contributed by atoms with Gasteiger partial charge >= 0.3 is 0 Å². The molecule has 1 N–H and O–H groups in total. The number of nitrogens with zero attached hydrogens (tertiary/aromatic N) is 1. The van der Waals surface area contributed by atoms with Crippen LogP contribution in [-0.2, 0) is 14.2 Å². The summed E-state index contributed by atoms with van der Waals surface area (Å²) in [6, 6.07) is 28.9. The van der Waals surface area contributed by atoms with Crippen molar-refractivity contribution in [3.05, 3.63) is 96.6 Å². The maximum absolute atomic E-state index is 11.1. The van der Waals surface area contributed by atoms with Gasteiger partial charge in [-0.25, -0.2) is 0 Å². The smallest absolute Gasteiger partial charge is 0.163 e. The van der Waals surface area contributed by atoms with E-state index in [9.17, 15) is 5.11 Å². The van der Waals surface area contributed by atoms with Gasteiger partial charge in [-0.2, -0.15) is 0 Å². The molecule has 0 fully saturated rings. The predicted octanol–water partition coefficient (Wildman–Crippen LogP) is 7.04. The lowest BCUT2D eigenvalue weighted by atomic mass is 9.96. The summed E-state index contributed by atoms with van der Waals surface area (Å²) in [5.74, 6) is 1.97. The number of fused-ring (bicyclic) bond motifs is 2. The molecule has 0 saturated carbocycles. The molecule has 0 aliphatic carbocycles. The third-order valence-corrected chi connectivity index (χ3v) is 6.96. The fourth-order valence-electron chi connectivity index (χ4n) is 4.92. The van der Waals surface area contributed by atoms with Gasteiger partial charge in [-0.1, -0.05) is 60.7 Å². The van der Waals surface area contributed by atoms with Gasteiger partial charge in [-0.3, -0.25) is 4.99 Å². The number of furan rings is 1. The second-order valence-electron chi connectivity index (χ2n) is 9.83. The van der Waals surface area contributed by atoms with Crippen molar-refractivity contribution in [3.8, 4) is 39.7 Å². The molecular weight excluding hydrogens is 546 g/mol. The van der Waals surface area contributed by atoms with E-state index in [-0.39, 0.29) is 5.75 Å². The van der Waals surface area contributed by atoms with E-state index >= 15 is 0 Å². The van der Waals surface area contributed by atoms with E-state index in [1.807, 2.05) is 78.9 Å². The fourth-order valence-corrected chi connectivity index (χ4v) is 4.92. The number of ether oxygens (including phenoxy) is 5. The lowest BCUT2D eigenvalue weighted by Crippen LogP contribution is -2.13. The molecule has 2 heterocycles. The van der Waals surface area contributed by atoms with E-state index in [4.69, 9.17) is 33.1 Å². The van der Waals surface area contributed by atoms with Crippen molar-refractivity contribution in [2.45, 2.75) is 0 Å². The number of rotatable bonds is 4. The van der Waals surface area contributed by atoms with Gasteiger partial charge in [0.1, 0.15) is 30.3 Å². The van der Waals surface area contributed by atoms with Crippen molar-refractivity contribution in [3.63, 3.8) is 0 Å². The van der Waals surface area contributed by atoms with Gasteiger partial charge in [-0.05, 0) is 29.8 Å². The zero-order valence-electron chi connectivity index (χ0n) is 23.7. The first-order chi connectivity index (χ1) is 21.3. The van der Waals surface area contributed by atoms with Gasteiger partial charge < -0.3 is 33.2 Å². The van der Waals surface area contributed by atoms with E-state index in [0.29, 0.717) is 81.2 Å². The Kier molecular flexibility index (Phi) is 9.29. The van der Waals surface area contributed by atoms with E-state index in [1.54, 1.807) is 18.3 Å². The largest absolute Gasteiger partial charge is 0.507 e. The van der Waals surface area contributed by atoms with Gasteiger partial charge in [0.15, 0.2) is 11.5 Å². The van der Waals surface area contributed by atoms with Crippen LogP contribution in [0.4, 0.5) is 5.69 Å². The molecule has 220 valence electrons. The van der Waals surface area contributed by atoms with Crippen LogP contribution in [0.1, 0.15) is 5.56 Å². The van der Waals surface area contributed by atoms with Crippen LogP contribution < -0.4 is 9.47 Å². The monoisotopic (exact) mass is 579 g/mol. The minimum absolute atomic E-state index is 0.101. The van der Waals surface area contributed by atoms with Crippen LogP contribution >= 0.6 is 0 Å². The van der Waals surface area contributed by atoms with Crippen molar-refractivity contribution >= 4 is 22.9 Å². The topological polar surface area (TPSA) is 91.9 Å². The number of hydrogen-bond acceptors (Lipinski definition) is 8. The number of benzene rings is 4. The zero-order valence-corrected chi connectivity index (χ0v) is 23.7. The number of aromatic hydroxyl groups is 1. The molecule has 0 radical (unpaired) electrons. The Labute approximate surface area is 250 Å². The molecule has 0 bridgehead atoms. The zero-order chi connectivity index (χ0) is 29.3. The van der Waals surface area contributed by atoms with Crippen molar-refractivity contribution < 1.29 is 33.2 Å². The predicted molar refractivity (Wildman–Crippen MR) is 166 cm³/mol. The van der Waals surface area contributed by atoms with Gasteiger partial charge in [0, 0.05) is 34.4 Å². The van der Waals surface area contributed by atoms with Crippen LogP contribution in [-0.4, -0.2) is 64.2 Å². The third-order valence-electron chi connectivity index (χ3n) is 6.96. The lowest BCUT2D eigenvalue weighted by Gasteiger charge is -2.13. The van der Waals surface area contributed by atoms with Crippen LogP contribution in [0.25, 0.3) is 33.4 Å². The highest BCUT2D eigenvalue weighted by atomic mass is 16.6. The Bertz CT molecular complexity index is 1660. The number of hydrogen-bond donors (Lipinski definition) is 1. The summed E-state index contributed by atoms with van der Waals surface area (Å²) in [6.45, 7) is 3.56. The average Bonchev–Trinajstić information content (AvgIpc) is 3.43. The maximum atomic E-state index is 11.1. The van der Waals surface area contributed by atoms with E-state index in [2.05, 4.69) is 0 Å². The summed E-state index contributed by atoms with van der Waals surface area (Å²) in [6.07, 6.45) is 1.67. The standard InChI is InChI=1S/C35H33NO7/c37-29-12-14-31-34(33(25-7-3-1-4-8-25)35(43-31)26-9-5-2-6-10-26)28(29)24-36-27-11-13-30-32(23-27)42-22-20-40-18-16-38-15-17-39-19-21-41-30/h1-14,23-24,37H,15-22H2. The quantitative estimate of drug-likeness (QED) is 0.228. The highest BCUT2D eigenvalue weighted by molar-refractivity contribution is 6.12. The minimum Gasteiger partial charge on any atom is -0.507 e. The minimum atomic E-state index is 0.101. The average molecular weight is 580 g/mol. The summed E-state index contributed by atoms with van der Waals surface area (Å²) in [4.78, 5) is 4.75. The van der Waals surface area contributed by atoms with Crippen molar-refractivity contribution in [2.75, 3.05) is 52.9 Å². The fraction of sp³-hybridized carbons (Fsp3) is 0.229. The van der Waals surface area contributed by atoms with Gasteiger partial charge in [0.2, 0.25) is 0 Å². The SMILES string of the molecule is Oc1ccc2oc(-c3ccccc3)c(-c3ccccc3)c2c1C=Nc1ccc2c(c1)OCCOCCOCCOCCO2. The molecule has 5 aromatic rings. The second-order valence-corrected chi connectivity index (χ2v) is 9.83. The van der Waals surface area contributed by atoms with Gasteiger partial charge in [-0.15, -0.1) is 0 Å². The van der Waals surface area contributed by atoms with Crippen molar-refractivity contribution in [1.82, 2.24) is 0 Å². The van der Waals surface area contributed by atoms with Crippen LogP contribution in [0, 0.1) is 0 Å². The molecule has 1 aliphatic heterocycles.